The molecule has 0 aliphatic heterocycles. The van der Waals surface area contributed by atoms with Crippen molar-refractivity contribution >= 4 is 5.78 Å². The van der Waals surface area contributed by atoms with E-state index in [9.17, 15) is 13.6 Å². The van der Waals surface area contributed by atoms with Gasteiger partial charge in [0.25, 0.3) is 6.43 Å². The van der Waals surface area contributed by atoms with E-state index in [4.69, 9.17) is 0 Å². The van der Waals surface area contributed by atoms with E-state index in [0.29, 0.717) is 37.1 Å². The van der Waals surface area contributed by atoms with E-state index in [0.717, 1.165) is 0 Å². The van der Waals surface area contributed by atoms with Crippen molar-refractivity contribution in [1.82, 2.24) is 9.78 Å². The molecule has 0 bridgehead atoms. The number of aryl methyl sites for hydroxylation is 1. The van der Waals surface area contributed by atoms with Crippen LogP contribution in [0.2, 0.25) is 0 Å². The summed E-state index contributed by atoms with van der Waals surface area (Å²) in [7, 11) is 0. The highest BCUT2D eigenvalue weighted by atomic mass is 19.3. The van der Waals surface area contributed by atoms with Crippen LogP contribution in [0.1, 0.15) is 47.9 Å². The molecule has 82 valence electrons. The lowest BCUT2D eigenvalue weighted by Gasteiger charge is -2.12. The van der Waals surface area contributed by atoms with Gasteiger partial charge in [-0.25, -0.2) is 8.78 Å². The number of aromatic nitrogens is 2. The van der Waals surface area contributed by atoms with E-state index in [1.54, 1.807) is 6.92 Å². The normalized spacial score (nSPS) is 15.9. The first-order valence-electron chi connectivity index (χ1n) is 5.06. The summed E-state index contributed by atoms with van der Waals surface area (Å²) in [6.07, 6.45) is -0.944. The first-order chi connectivity index (χ1) is 7.15. The topological polar surface area (TPSA) is 34.9 Å². The minimum atomic E-state index is -2.59. The summed E-state index contributed by atoms with van der Waals surface area (Å²) in [5.74, 6) is -0.0579. The van der Waals surface area contributed by atoms with Crippen LogP contribution in [0, 0.1) is 0 Å². The Kier molecular flexibility index (Phi) is 2.54. The van der Waals surface area contributed by atoms with Gasteiger partial charge in [0, 0.05) is 18.5 Å². The van der Waals surface area contributed by atoms with Gasteiger partial charge in [-0.05, 0) is 19.8 Å². The molecule has 5 heteroatoms. The Morgan fingerprint density at radius 3 is 2.80 bits per heavy atom. The third kappa shape index (κ3) is 1.56. The Bertz CT molecular complexity index is 398. The van der Waals surface area contributed by atoms with Crippen LogP contribution < -0.4 is 0 Å². The van der Waals surface area contributed by atoms with E-state index >= 15 is 0 Å². The van der Waals surface area contributed by atoms with Crippen molar-refractivity contribution in [1.29, 1.82) is 0 Å². The first-order valence-corrected chi connectivity index (χ1v) is 5.06. The predicted octanol–water partition coefficient (Wildman–Crippen LogP) is 2.36. The highest BCUT2D eigenvalue weighted by Gasteiger charge is 2.29. The van der Waals surface area contributed by atoms with Crippen LogP contribution in [0.15, 0.2) is 0 Å². The predicted molar refractivity (Wildman–Crippen MR) is 50.1 cm³/mol. The van der Waals surface area contributed by atoms with Crippen LogP contribution in [0.25, 0.3) is 0 Å². The number of halogens is 2. The largest absolute Gasteiger partial charge is 0.292 e. The molecule has 1 aromatic heterocycles. The Labute approximate surface area is 86.1 Å². The second-order valence-electron chi connectivity index (χ2n) is 3.61. The van der Waals surface area contributed by atoms with Gasteiger partial charge in [0.1, 0.15) is 11.4 Å². The number of fused-ring (bicyclic) bond motifs is 1. The van der Waals surface area contributed by atoms with E-state index in [-0.39, 0.29) is 11.5 Å². The maximum Gasteiger partial charge on any atom is 0.282 e. The molecule has 0 aromatic carbocycles. The SMILES string of the molecule is CCn1nc(C(F)F)c2c1C(=O)CCC2. The van der Waals surface area contributed by atoms with Crippen LogP contribution >= 0.6 is 0 Å². The number of rotatable bonds is 2. The second kappa shape index (κ2) is 3.72. The minimum Gasteiger partial charge on any atom is -0.292 e. The fourth-order valence-corrected chi connectivity index (χ4v) is 2.02. The van der Waals surface area contributed by atoms with E-state index < -0.39 is 6.43 Å². The van der Waals surface area contributed by atoms with Gasteiger partial charge in [0.15, 0.2) is 5.78 Å². The summed E-state index contributed by atoms with van der Waals surface area (Å²) in [6.45, 7) is 2.26. The molecule has 0 unspecified atom stereocenters. The van der Waals surface area contributed by atoms with Crippen molar-refractivity contribution in [3.05, 3.63) is 17.0 Å². The first kappa shape index (κ1) is 10.3. The number of hydrogen-bond acceptors (Lipinski definition) is 2. The van der Waals surface area contributed by atoms with Crippen LogP contribution in [0.5, 0.6) is 0 Å². The summed E-state index contributed by atoms with van der Waals surface area (Å²) >= 11 is 0. The quantitative estimate of drug-likeness (QED) is 0.757. The average Bonchev–Trinajstić information content (AvgIpc) is 2.58. The molecule has 0 N–H and O–H groups in total. The summed E-state index contributed by atoms with van der Waals surface area (Å²) in [5.41, 5.74) is 0.655. The van der Waals surface area contributed by atoms with Crippen molar-refractivity contribution < 1.29 is 13.6 Å². The van der Waals surface area contributed by atoms with Gasteiger partial charge in [0.05, 0.1) is 0 Å². The molecule has 0 amide bonds. The fraction of sp³-hybridized carbons (Fsp3) is 0.600. The van der Waals surface area contributed by atoms with Crippen LogP contribution in [0.4, 0.5) is 8.78 Å². The van der Waals surface area contributed by atoms with Crippen molar-refractivity contribution in [3.63, 3.8) is 0 Å². The Morgan fingerprint density at radius 1 is 1.47 bits per heavy atom. The smallest absolute Gasteiger partial charge is 0.282 e. The van der Waals surface area contributed by atoms with Crippen molar-refractivity contribution in [3.8, 4) is 0 Å². The molecule has 0 radical (unpaired) electrons. The van der Waals surface area contributed by atoms with Gasteiger partial charge in [0.2, 0.25) is 0 Å². The monoisotopic (exact) mass is 214 g/mol. The number of carbonyl (C=O) groups is 1. The molecule has 0 spiro atoms. The molecule has 1 aliphatic carbocycles. The molecule has 0 saturated heterocycles. The Hall–Kier alpha value is -1.26. The molecule has 1 aromatic rings. The van der Waals surface area contributed by atoms with Crippen LogP contribution in [-0.4, -0.2) is 15.6 Å². The molecule has 1 aliphatic rings. The van der Waals surface area contributed by atoms with Crippen molar-refractivity contribution in [2.24, 2.45) is 0 Å². The lowest BCUT2D eigenvalue weighted by molar-refractivity contribution is 0.0961. The lowest BCUT2D eigenvalue weighted by atomic mass is 9.94. The molecule has 0 fully saturated rings. The number of Topliss-reactive ketones (excluding diaryl/α,β-unsaturated/α-hetero) is 1. The van der Waals surface area contributed by atoms with Crippen LogP contribution in [-0.2, 0) is 13.0 Å². The summed E-state index contributed by atoms with van der Waals surface area (Å²) in [6, 6.07) is 0. The average molecular weight is 214 g/mol. The molecule has 15 heavy (non-hydrogen) atoms. The molecule has 2 rings (SSSR count). The van der Waals surface area contributed by atoms with E-state index in [1.165, 1.54) is 4.68 Å². The van der Waals surface area contributed by atoms with Gasteiger partial charge in [-0.3, -0.25) is 9.48 Å². The third-order valence-electron chi connectivity index (χ3n) is 2.68. The zero-order valence-corrected chi connectivity index (χ0v) is 8.46. The molecular weight excluding hydrogens is 202 g/mol. The number of hydrogen-bond donors (Lipinski definition) is 0. The highest BCUT2D eigenvalue weighted by Crippen LogP contribution is 2.30. The highest BCUT2D eigenvalue weighted by molar-refractivity contribution is 5.97. The number of alkyl halides is 2. The van der Waals surface area contributed by atoms with Crippen molar-refractivity contribution in [2.45, 2.75) is 39.2 Å². The van der Waals surface area contributed by atoms with Crippen molar-refractivity contribution in [2.75, 3.05) is 0 Å². The molecule has 0 atom stereocenters. The number of carbonyl (C=O) groups excluding carboxylic acids is 1. The molecule has 1 heterocycles. The maximum absolute atomic E-state index is 12.6. The Morgan fingerprint density at radius 2 is 2.20 bits per heavy atom. The van der Waals surface area contributed by atoms with Gasteiger partial charge in [-0.2, -0.15) is 5.10 Å². The van der Waals surface area contributed by atoms with E-state index in [1.807, 2.05) is 0 Å². The Balaban J connectivity index is 2.57. The lowest BCUT2D eigenvalue weighted by Crippen LogP contribution is -2.15. The maximum atomic E-state index is 12.6. The third-order valence-corrected chi connectivity index (χ3v) is 2.68. The van der Waals surface area contributed by atoms with E-state index in [2.05, 4.69) is 5.10 Å². The zero-order chi connectivity index (χ0) is 11.0. The summed E-state index contributed by atoms with van der Waals surface area (Å²) in [4.78, 5) is 11.6. The summed E-state index contributed by atoms with van der Waals surface area (Å²) in [5, 5.41) is 3.81. The second-order valence-corrected chi connectivity index (χ2v) is 3.61. The zero-order valence-electron chi connectivity index (χ0n) is 8.46. The number of nitrogens with zero attached hydrogens (tertiary/aromatic N) is 2. The molecule has 0 saturated carbocycles. The molecule has 3 nitrogen and oxygen atoms in total. The van der Waals surface area contributed by atoms with Gasteiger partial charge >= 0.3 is 0 Å². The number of ketones is 1. The van der Waals surface area contributed by atoms with Gasteiger partial charge in [-0.1, -0.05) is 0 Å². The fourth-order valence-electron chi connectivity index (χ4n) is 2.02. The summed E-state index contributed by atoms with van der Waals surface area (Å²) < 4.78 is 26.7. The van der Waals surface area contributed by atoms with Gasteiger partial charge in [-0.15, -0.1) is 0 Å². The standard InChI is InChI=1S/C10H12F2N2O/c1-2-14-9-6(4-3-5-7(9)15)8(13-14)10(11)12/h10H,2-5H2,1H3. The van der Waals surface area contributed by atoms with Crippen LogP contribution in [0.3, 0.4) is 0 Å². The minimum absolute atomic E-state index is 0.0579. The molecular formula is C10H12F2N2O. The van der Waals surface area contributed by atoms with Gasteiger partial charge < -0.3 is 0 Å².